The van der Waals surface area contributed by atoms with Crippen molar-refractivity contribution in [2.75, 3.05) is 22.0 Å². The third kappa shape index (κ3) is 6.45. The average molecular weight is 397 g/mol. The van der Waals surface area contributed by atoms with E-state index in [0.717, 1.165) is 6.26 Å². The van der Waals surface area contributed by atoms with Crippen LogP contribution in [0, 0.1) is 0 Å². The highest BCUT2D eigenvalue weighted by molar-refractivity contribution is 7.92. The van der Waals surface area contributed by atoms with Crippen molar-refractivity contribution in [3.63, 3.8) is 0 Å². The number of carbonyl (C=O) groups excluding carboxylic acids is 1. The Kier molecular flexibility index (Phi) is 6.32. The molecule has 1 amide bonds. The van der Waals surface area contributed by atoms with E-state index in [4.69, 9.17) is 0 Å². The van der Waals surface area contributed by atoms with Crippen LogP contribution in [-0.4, -0.2) is 39.7 Å². The predicted molar refractivity (Wildman–Crippen MR) is 99.1 cm³/mol. The molecule has 8 nitrogen and oxygen atoms in total. The van der Waals surface area contributed by atoms with Crippen LogP contribution in [0.2, 0.25) is 0 Å². The maximum absolute atomic E-state index is 12.3. The Hall–Kier alpha value is -2.46. The monoisotopic (exact) mass is 397 g/mol. The van der Waals surface area contributed by atoms with E-state index in [1.54, 1.807) is 12.1 Å². The Morgan fingerprint density at radius 3 is 2.31 bits per heavy atom. The van der Waals surface area contributed by atoms with Gasteiger partial charge >= 0.3 is 0 Å². The third-order valence-corrected chi connectivity index (χ3v) is 5.67. The van der Waals surface area contributed by atoms with E-state index >= 15 is 0 Å². The Balaban J connectivity index is 1.96. The summed E-state index contributed by atoms with van der Waals surface area (Å²) in [4.78, 5) is 15.7. The Labute approximate surface area is 152 Å². The fraction of sp³-hybridized carbons (Fsp3) is 0.250. The number of nitrogens with one attached hydrogen (secondary N) is 2. The summed E-state index contributed by atoms with van der Waals surface area (Å²) in [5, 5.41) is 2.60. The molecule has 0 saturated carbocycles. The van der Waals surface area contributed by atoms with Crippen LogP contribution < -0.4 is 10.0 Å². The summed E-state index contributed by atoms with van der Waals surface area (Å²) in [7, 11) is -6.88. The maximum Gasteiger partial charge on any atom is 0.263 e. The number of sulfone groups is 1. The second kappa shape index (κ2) is 8.28. The fourth-order valence-corrected chi connectivity index (χ4v) is 3.73. The highest BCUT2D eigenvalue weighted by Gasteiger charge is 2.15. The van der Waals surface area contributed by atoms with Crippen LogP contribution in [0.3, 0.4) is 0 Å². The van der Waals surface area contributed by atoms with Crippen molar-refractivity contribution in [1.82, 2.24) is 4.98 Å². The first-order chi connectivity index (χ1) is 12.2. The molecule has 0 aliphatic heterocycles. The van der Waals surface area contributed by atoms with Gasteiger partial charge in [-0.1, -0.05) is 6.07 Å². The second-order valence-electron chi connectivity index (χ2n) is 5.63. The molecule has 1 aromatic carbocycles. The second-order valence-corrected chi connectivity index (χ2v) is 9.57. The molecule has 0 atom stereocenters. The molecule has 0 bridgehead atoms. The number of anilines is 2. The summed E-state index contributed by atoms with van der Waals surface area (Å²) in [5.41, 5.74) is 0.422. The van der Waals surface area contributed by atoms with E-state index < -0.39 is 19.9 Å². The van der Waals surface area contributed by atoms with Crippen molar-refractivity contribution in [2.45, 2.75) is 17.7 Å². The van der Waals surface area contributed by atoms with Gasteiger partial charge in [-0.05, 0) is 42.8 Å². The largest absolute Gasteiger partial charge is 0.326 e. The van der Waals surface area contributed by atoms with Crippen LogP contribution >= 0.6 is 0 Å². The van der Waals surface area contributed by atoms with Crippen LogP contribution in [0.1, 0.15) is 12.8 Å². The van der Waals surface area contributed by atoms with E-state index in [9.17, 15) is 21.6 Å². The number of nitrogens with zero attached hydrogens (tertiary/aromatic N) is 1. The number of benzene rings is 1. The highest BCUT2D eigenvalue weighted by atomic mass is 32.2. The number of carbonyl (C=O) groups is 1. The fourth-order valence-electron chi connectivity index (χ4n) is 2.06. The number of hydrogen-bond donors (Lipinski definition) is 2. The van der Waals surface area contributed by atoms with Crippen LogP contribution in [0.4, 0.5) is 11.5 Å². The van der Waals surface area contributed by atoms with Crippen LogP contribution in [0.25, 0.3) is 0 Å². The molecule has 0 unspecified atom stereocenters. The number of sulfonamides is 1. The van der Waals surface area contributed by atoms with Crippen molar-refractivity contribution in [2.24, 2.45) is 0 Å². The molecular weight excluding hydrogens is 378 g/mol. The quantitative estimate of drug-likeness (QED) is 0.698. The summed E-state index contributed by atoms with van der Waals surface area (Å²) >= 11 is 0. The van der Waals surface area contributed by atoms with Gasteiger partial charge in [-0.2, -0.15) is 0 Å². The summed E-state index contributed by atoms with van der Waals surface area (Å²) in [6.07, 6.45) is 2.88. The molecular formula is C16H19N3O5S2. The van der Waals surface area contributed by atoms with E-state index in [1.165, 1.54) is 36.5 Å². The van der Waals surface area contributed by atoms with Gasteiger partial charge in [-0.3, -0.25) is 9.52 Å². The van der Waals surface area contributed by atoms with Gasteiger partial charge in [0.2, 0.25) is 5.91 Å². The lowest BCUT2D eigenvalue weighted by Crippen LogP contribution is -2.15. The molecule has 1 heterocycles. The molecule has 0 fully saturated rings. The normalized spacial score (nSPS) is 11.7. The molecule has 2 N–H and O–H groups in total. The van der Waals surface area contributed by atoms with Gasteiger partial charge in [0.25, 0.3) is 10.0 Å². The van der Waals surface area contributed by atoms with Gasteiger partial charge in [0, 0.05) is 24.6 Å². The lowest BCUT2D eigenvalue weighted by molar-refractivity contribution is -0.116. The first kappa shape index (κ1) is 19.9. The smallest absolute Gasteiger partial charge is 0.263 e. The minimum absolute atomic E-state index is 0.0261. The molecule has 0 radical (unpaired) electrons. The number of aromatic nitrogens is 1. The summed E-state index contributed by atoms with van der Waals surface area (Å²) in [6, 6.07) is 10.5. The van der Waals surface area contributed by atoms with E-state index in [-0.39, 0.29) is 35.2 Å². The molecule has 0 spiro atoms. The van der Waals surface area contributed by atoms with Gasteiger partial charge in [0.15, 0.2) is 0 Å². The zero-order valence-corrected chi connectivity index (χ0v) is 15.7. The summed E-state index contributed by atoms with van der Waals surface area (Å²) in [5.74, 6) is -0.191. The molecule has 10 heteroatoms. The molecule has 26 heavy (non-hydrogen) atoms. The number of pyridine rings is 1. The van der Waals surface area contributed by atoms with Crippen molar-refractivity contribution in [3.8, 4) is 0 Å². The molecule has 140 valence electrons. The number of hydrogen-bond acceptors (Lipinski definition) is 6. The molecule has 0 saturated heterocycles. The van der Waals surface area contributed by atoms with E-state index in [0.29, 0.717) is 5.69 Å². The van der Waals surface area contributed by atoms with Crippen molar-refractivity contribution >= 4 is 37.3 Å². The Morgan fingerprint density at radius 1 is 1.04 bits per heavy atom. The lowest BCUT2D eigenvalue weighted by atomic mass is 10.3. The predicted octanol–water partition coefficient (Wildman–Crippen LogP) is 1.65. The number of amides is 1. The lowest BCUT2D eigenvalue weighted by Gasteiger charge is -2.09. The van der Waals surface area contributed by atoms with Gasteiger partial charge in [0.05, 0.1) is 10.6 Å². The zero-order chi connectivity index (χ0) is 19.2. The van der Waals surface area contributed by atoms with Gasteiger partial charge < -0.3 is 5.32 Å². The van der Waals surface area contributed by atoms with Gasteiger partial charge in [-0.15, -0.1) is 0 Å². The Morgan fingerprint density at radius 2 is 1.73 bits per heavy atom. The van der Waals surface area contributed by atoms with Crippen LogP contribution in [0.5, 0.6) is 0 Å². The van der Waals surface area contributed by atoms with Crippen molar-refractivity contribution in [1.29, 1.82) is 0 Å². The SMILES string of the molecule is CS(=O)(=O)CCCC(=O)Nc1ccc(S(=O)(=O)Nc2ccccn2)cc1. The van der Waals surface area contributed by atoms with Crippen molar-refractivity contribution < 1.29 is 21.6 Å². The summed E-state index contributed by atoms with van der Waals surface area (Å²) in [6.45, 7) is 0. The highest BCUT2D eigenvalue weighted by Crippen LogP contribution is 2.17. The van der Waals surface area contributed by atoms with Gasteiger partial charge in [0.1, 0.15) is 15.7 Å². The first-order valence-electron chi connectivity index (χ1n) is 7.67. The van der Waals surface area contributed by atoms with E-state index in [2.05, 4.69) is 15.0 Å². The topological polar surface area (TPSA) is 122 Å². The third-order valence-electron chi connectivity index (χ3n) is 3.27. The maximum atomic E-state index is 12.3. The first-order valence-corrected chi connectivity index (χ1v) is 11.2. The molecule has 0 aliphatic rings. The van der Waals surface area contributed by atoms with Crippen LogP contribution in [0.15, 0.2) is 53.6 Å². The van der Waals surface area contributed by atoms with Gasteiger partial charge in [-0.25, -0.2) is 21.8 Å². The summed E-state index contributed by atoms with van der Waals surface area (Å²) < 4.78 is 49.0. The average Bonchev–Trinajstić information content (AvgIpc) is 2.54. The minimum atomic E-state index is -3.78. The molecule has 1 aromatic heterocycles. The van der Waals surface area contributed by atoms with Crippen LogP contribution in [-0.2, 0) is 24.7 Å². The number of rotatable bonds is 8. The minimum Gasteiger partial charge on any atom is -0.326 e. The van der Waals surface area contributed by atoms with Crippen molar-refractivity contribution in [3.05, 3.63) is 48.7 Å². The molecule has 2 aromatic rings. The van der Waals surface area contributed by atoms with E-state index in [1.807, 2.05) is 0 Å². The molecule has 0 aliphatic carbocycles. The molecule has 2 rings (SSSR count). The Bertz CT molecular complexity index is 957. The zero-order valence-electron chi connectivity index (χ0n) is 14.0. The standard InChI is InChI=1S/C16H19N3O5S2/c1-25(21,22)12-4-6-16(20)18-13-7-9-14(10-8-13)26(23,24)19-15-5-2-3-11-17-15/h2-3,5,7-11H,4,6,12H2,1H3,(H,17,19)(H,18,20).